The van der Waals surface area contributed by atoms with Gasteiger partial charge in [-0.15, -0.1) is 0 Å². The number of fused-ring (bicyclic) bond motifs is 3. The average molecular weight is 654 g/mol. The van der Waals surface area contributed by atoms with Crippen LogP contribution in [0.3, 0.4) is 0 Å². The van der Waals surface area contributed by atoms with Gasteiger partial charge in [-0.3, -0.25) is 14.4 Å². The van der Waals surface area contributed by atoms with Gasteiger partial charge in [0, 0.05) is 36.5 Å². The van der Waals surface area contributed by atoms with Crippen LogP contribution in [-0.4, -0.2) is 68.6 Å². The second-order valence-electron chi connectivity index (χ2n) is 15.6. The van der Waals surface area contributed by atoms with Crippen molar-refractivity contribution in [1.29, 1.82) is 0 Å². The van der Waals surface area contributed by atoms with E-state index in [-0.39, 0.29) is 40.9 Å². The van der Waals surface area contributed by atoms with Crippen LogP contribution in [0.5, 0.6) is 0 Å². The molecule has 2 amide bonds. The fraction of sp³-hybridized carbons (Fsp3) is 0.590. The minimum Gasteiger partial charge on any atom is -0.446 e. The summed E-state index contributed by atoms with van der Waals surface area (Å²) in [7, 11) is 0. The van der Waals surface area contributed by atoms with E-state index in [9.17, 15) is 14.7 Å². The molecule has 3 aromatic rings. The number of carbonyl (C=O) groups is 2. The summed E-state index contributed by atoms with van der Waals surface area (Å²) in [5.74, 6) is 0.711. The Balaban J connectivity index is 1.10. The zero-order valence-corrected chi connectivity index (χ0v) is 29.0. The lowest BCUT2D eigenvalue weighted by molar-refractivity contribution is -0.124. The molecule has 0 atom stereocenters. The number of likely N-dealkylation sites (tertiary alicyclic amines) is 1. The Morgan fingerprint density at radius 1 is 0.958 bits per heavy atom. The van der Waals surface area contributed by atoms with E-state index in [0.717, 1.165) is 49.7 Å². The van der Waals surface area contributed by atoms with Gasteiger partial charge in [-0.05, 0) is 137 Å². The third kappa shape index (κ3) is 6.38. The van der Waals surface area contributed by atoms with Crippen molar-refractivity contribution in [1.82, 2.24) is 19.7 Å². The maximum Gasteiger partial charge on any atom is 0.410 e. The largest absolute Gasteiger partial charge is 0.446 e. The van der Waals surface area contributed by atoms with Crippen LogP contribution in [0.25, 0.3) is 11.1 Å². The maximum absolute atomic E-state index is 14.6. The Labute approximate surface area is 284 Å². The molecule has 48 heavy (non-hydrogen) atoms. The first-order valence-electron chi connectivity index (χ1n) is 18.1. The van der Waals surface area contributed by atoms with E-state index in [1.807, 2.05) is 28.0 Å². The molecule has 2 aromatic heterocycles. The lowest BCUT2D eigenvalue weighted by Crippen LogP contribution is -2.54. The number of ether oxygens (including phenoxy) is 1. The molecule has 0 spiro atoms. The number of aromatic nitrogens is 3. The molecular weight excluding hydrogens is 602 g/mol. The number of pyridine rings is 1. The van der Waals surface area contributed by atoms with Gasteiger partial charge in [0.2, 0.25) is 5.91 Å². The van der Waals surface area contributed by atoms with Crippen LogP contribution in [0.15, 0.2) is 48.9 Å². The van der Waals surface area contributed by atoms with Gasteiger partial charge in [0.25, 0.3) is 0 Å². The molecule has 1 aliphatic heterocycles. The van der Waals surface area contributed by atoms with Gasteiger partial charge in [-0.25, -0.2) is 9.78 Å². The summed E-state index contributed by atoms with van der Waals surface area (Å²) in [5, 5.41) is 14.1. The molecule has 0 radical (unpaired) electrons. The summed E-state index contributed by atoms with van der Waals surface area (Å²) < 4.78 is 7.71. The number of rotatable bonds is 8. The number of benzene rings is 1. The first kappa shape index (κ1) is 32.8. The Bertz CT molecular complexity index is 1630. The van der Waals surface area contributed by atoms with E-state index in [1.165, 1.54) is 21.6 Å². The Morgan fingerprint density at radius 3 is 2.29 bits per heavy atom. The second kappa shape index (κ2) is 13.0. The van der Waals surface area contributed by atoms with Crippen molar-refractivity contribution in [3.05, 3.63) is 65.6 Å². The number of hydrogen-bond acceptors (Lipinski definition) is 6. The summed E-state index contributed by atoms with van der Waals surface area (Å²) in [6.45, 7) is 9.98. The Morgan fingerprint density at radius 2 is 1.67 bits per heavy atom. The molecule has 3 heterocycles. The van der Waals surface area contributed by atoms with Crippen molar-refractivity contribution < 1.29 is 19.4 Å². The van der Waals surface area contributed by atoms with Crippen LogP contribution in [0.4, 0.5) is 10.6 Å². The predicted molar refractivity (Wildman–Crippen MR) is 186 cm³/mol. The van der Waals surface area contributed by atoms with Crippen molar-refractivity contribution in [3.63, 3.8) is 0 Å². The molecule has 2 bridgehead atoms. The third-order valence-electron chi connectivity index (χ3n) is 12.2. The van der Waals surface area contributed by atoms with Crippen LogP contribution in [-0.2, 0) is 14.9 Å². The van der Waals surface area contributed by atoms with Gasteiger partial charge in [0.15, 0.2) is 0 Å². The minimum absolute atomic E-state index is 0.0753. The third-order valence-corrected chi connectivity index (χ3v) is 12.2. The maximum atomic E-state index is 14.6. The van der Waals surface area contributed by atoms with E-state index in [2.05, 4.69) is 63.3 Å². The number of carbonyl (C=O) groups excluding carboxylic acids is 2. The number of β-amino-alcohol motifs (C(OH)–C–C–N with tert-alkyl or cyclic N) is 1. The van der Waals surface area contributed by atoms with Crippen LogP contribution >= 0.6 is 0 Å². The summed E-state index contributed by atoms with van der Waals surface area (Å²) in [5.41, 5.74) is 6.55. The number of amides is 2. The van der Waals surface area contributed by atoms with E-state index < -0.39 is 6.10 Å². The smallest absolute Gasteiger partial charge is 0.410 e. The van der Waals surface area contributed by atoms with Crippen molar-refractivity contribution in [2.24, 2.45) is 11.3 Å². The Kier molecular flexibility index (Phi) is 8.85. The molecule has 1 N–H and O–H groups in total. The minimum atomic E-state index is -0.452. The number of aliphatic hydroxyl groups is 1. The van der Waals surface area contributed by atoms with E-state index >= 15 is 0 Å². The first-order chi connectivity index (χ1) is 23.0. The summed E-state index contributed by atoms with van der Waals surface area (Å²) >= 11 is 0. The standard InChI is InChI=1S/C39H51N5O4/c1-26(2)44-22-31(21-41-44)30-11-18-40-35(20-30)43(36(46)29-6-9-34(10-7-29)48-37(47)42-23-33(45)24-42)25-38-12-15-39(16-13-38,17-14-38)32-8-5-27(3)28(4)19-32/h5,8,11,18-22,26,29,33-34,45H,6-7,9-10,12-17,23-25H2,1-4H3. The molecule has 8 rings (SSSR count). The summed E-state index contributed by atoms with van der Waals surface area (Å²) in [6, 6.07) is 11.4. The number of aryl methyl sites for hydroxylation is 2. The molecule has 1 saturated heterocycles. The van der Waals surface area contributed by atoms with Gasteiger partial charge in [0.1, 0.15) is 11.9 Å². The van der Waals surface area contributed by atoms with Crippen LogP contribution in [0.2, 0.25) is 0 Å². The topological polar surface area (TPSA) is 101 Å². The highest BCUT2D eigenvalue weighted by atomic mass is 16.6. The second-order valence-corrected chi connectivity index (χ2v) is 15.6. The Hall–Kier alpha value is -3.72. The number of nitrogens with zero attached hydrogens (tertiary/aromatic N) is 5. The first-order valence-corrected chi connectivity index (χ1v) is 18.1. The molecule has 9 nitrogen and oxygen atoms in total. The predicted octanol–water partition coefficient (Wildman–Crippen LogP) is 7.14. The molecule has 0 unspecified atom stereocenters. The zero-order chi connectivity index (χ0) is 33.6. The van der Waals surface area contributed by atoms with Crippen molar-refractivity contribution in [2.45, 2.75) is 116 Å². The van der Waals surface area contributed by atoms with Crippen LogP contribution < -0.4 is 4.90 Å². The monoisotopic (exact) mass is 653 g/mol. The molecule has 4 saturated carbocycles. The number of hydrogen-bond donors (Lipinski definition) is 1. The van der Waals surface area contributed by atoms with Gasteiger partial charge >= 0.3 is 6.09 Å². The molecule has 5 aliphatic rings. The van der Waals surface area contributed by atoms with Crippen molar-refractivity contribution in [3.8, 4) is 11.1 Å². The fourth-order valence-corrected chi connectivity index (χ4v) is 8.60. The van der Waals surface area contributed by atoms with Gasteiger partial charge < -0.3 is 14.7 Å². The summed E-state index contributed by atoms with van der Waals surface area (Å²) in [6.07, 6.45) is 14.3. The lowest BCUT2D eigenvalue weighted by Gasteiger charge is -2.55. The van der Waals surface area contributed by atoms with Gasteiger partial charge in [-0.2, -0.15) is 5.10 Å². The van der Waals surface area contributed by atoms with E-state index in [0.29, 0.717) is 51.1 Å². The fourth-order valence-electron chi connectivity index (χ4n) is 8.60. The van der Waals surface area contributed by atoms with Crippen LogP contribution in [0, 0.1) is 25.2 Å². The highest BCUT2D eigenvalue weighted by molar-refractivity contribution is 5.95. The molecule has 9 heteroatoms. The quantitative estimate of drug-likeness (QED) is 0.277. The molecular formula is C39H51N5O4. The lowest BCUT2D eigenvalue weighted by atomic mass is 9.51. The van der Waals surface area contributed by atoms with Gasteiger partial charge in [0.05, 0.1) is 25.4 Å². The number of anilines is 1. The highest BCUT2D eigenvalue weighted by Crippen LogP contribution is 2.58. The molecule has 5 fully saturated rings. The van der Waals surface area contributed by atoms with Gasteiger partial charge in [-0.1, -0.05) is 18.2 Å². The van der Waals surface area contributed by atoms with E-state index in [4.69, 9.17) is 9.72 Å². The summed E-state index contributed by atoms with van der Waals surface area (Å²) in [4.78, 5) is 35.4. The number of aliphatic hydroxyl groups excluding tert-OH is 1. The van der Waals surface area contributed by atoms with Crippen molar-refractivity contribution >= 4 is 17.8 Å². The normalized spacial score (nSPS) is 27.2. The molecule has 4 aliphatic carbocycles. The molecule has 256 valence electrons. The SMILES string of the molecule is Cc1ccc(C23CCC(CN(C(=O)C4CCC(OC(=O)N5CC(O)C5)CC4)c4cc(-c5cnn(C(C)C)c5)ccn4)(CC2)CC3)cc1C. The van der Waals surface area contributed by atoms with E-state index in [1.54, 1.807) is 0 Å². The van der Waals surface area contributed by atoms with Crippen molar-refractivity contribution in [2.75, 3.05) is 24.5 Å². The van der Waals surface area contributed by atoms with Crippen LogP contribution in [0.1, 0.15) is 101 Å². The highest BCUT2D eigenvalue weighted by Gasteiger charge is 2.51. The average Bonchev–Trinajstić information content (AvgIpc) is 3.59. The zero-order valence-electron chi connectivity index (χ0n) is 29.0. The molecule has 1 aromatic carbocycles.